The number of likely N-dealkylation sites (N-methyl/N-ethyl adjacent to an activating group) is 1. The monoisotopic (exact) mass is 253 g/mol. The molecule has 18 heavy (non-hydrogen) atoms. The molecule has 2 rings (SSSR count). The zero-order chi connectivity index (χ0) is 13.2. The standard InChI is InChI=1S/C15H31N3/c1-15(12-16,9-13-5-4-6-13)18(3)11-14-7-8-17(2)10-14/h13-14H,4-12,16H2,1-3H3. The summed E-state index contributed by atoms with van der Waals surface area (Å²) in [7, 11) is 4.51. The molecule has 3 heteroatoms. The van der Waals surface area contributed by atoms with Crippen LogP contribution >= 0.6 is 0 Å². The number of hydrogen-bond donors (Lipinski definition) is 1. The molecule has 0 bridgehead atoms. The number of hydrogen-bond acceptors (Lipinski definition) is 3. The molecule has 0 aromatic heterocycles. The Bertz CT molecular complexity index is 264. The predicted octanol–water partition coefficient (Wildman–Crippen LogP) is 1.78. The summed E-state index contributed by atoms with van der Waals surface area (Å²) in [5.41, 5.74) is 6.30. The second-order valence-electron chi connectivity index (χ2n) is 7.00. The average molecular weight is 253 g/mol. The van der Waals surface area contributed by atoms with Gasteiger partial charge in [0.1, 0.15) is 0 Å². The molecule has 0 spiro atoms. The Labute approximate surface area is 113 Å². The number of nitrogens with two attached hydrogens (primary N) is 1. The molecule has 2 aliphatic rings. The minimum atomic E-state index is 0.215. The Hall–Kier alpha value is -0.120. The quantitative estimate of drug-likeness (QED) is 0.783. The van der Waals surface area contributed by atoms with E-state index in [-0.39, 0.29) is 5.54 Å². The third-order valence-electron chi connectivity index (χ3n) is 5.34. The second kappa shape index (κ2) is 5.89. The van der Waals surface area contributed by atoms with Crippen LogP contribution in [0.25, 0.3) is 0 Å². The molecule has 3 nitrogen and oxygen atoms in total. The fourth-order valence-electron chi connectivity index (χ4n) is 3.50. The van der Waals surface area contributed by atoms with Gasteiger partial charge < -0.3 is 10.6 Å². The first-order valence-corrected chi connectivity index (χ1v) is 7.63. The van der Waals surface area contributed by atoms with E-state index < -0.39 is 0 Å². The van der Waals surface area contributed by atoms with Crippen LogP contribution in [0.2, 0.25) is 0 Å². The Kier molecular flexibility index (Phi) is 4.68. The Balaban J connectivity index is 1.85. The van der Waals surface area contributed by atoms with Gasteiger partial charge >= 0.3 is 0 Å². The summed E-state index contributed by atoms with van der Waals surface area (Å²) >= 11 is 0. The Morgan fingerprint density at radius 2 is 2.00 bits per heavy atom. The number of nitrogens with zero attached hydrogens (tertiary/aromatic N) is 2. The molecule has 1 aliphatic heterocycles. The summed E-state index contributed by atoms with van der Waals surface area (Å²) in [5, 5.41) is 0. The Morgan fingerprint density at radius 1 is 1.28 bits per heavy atom. The van der Waals surface area contributed by atoms with Gasteiger partial charge in [0, 0.05) is 25.2 Å². The molecule has 2 atom stereocenters. The van der Waals surface area contributed by atoms with Crippen molar-refractivity contribution in [3.8, 4) is 0 Å². The van der Waals surface area contributed by atoms with Gasteiger partial charge in [-0.05, 0) is 52.2 Å². The van der Waals surface area contributed by atoms with Gasteiger partial charge in [0.15, 0.2) is 0 Å². The molecular formula is C15H31N3. The summed E-state index contributed by atoms with van der Waals surface area (Å²) in [5.74, 6) is 1.78. The highest BCUT2D eigenvalue weighted by molar-refractivity contribution is 4.91. The van der Waals surface area contributed by atoms with Crippen molar-refractivity contribution in [3.63, 3.8) is 0 Å². The molecule has 1 aliphatic carbocycles. The van der Waals surface area contributed by atoms with E-state index in [1.807, 2.05) is 0 Å². The van der Waals surface area contributed by atoms with Crippen molar-refractivity contribution in [3.05, 3.63) is 0 Å². The highest BCUT2D eigenvalue weighted by Gasteiger charge is 2.34. The second-order valence-corrected chi connectivity index (χ2v) is 7.00. The zero-order valence-electron chi connectivity index (χ0n) is 12.5. The lowest BCUT2D eigenvalue weighted by molar-refractivity contribution is 0.0786. The first kappa shape index (κ1) is 14.3. The molecular weight excluding hydrogens is 222 g/mol. The van der Waals surface area contributed by atoms with Gasteiger partial charge in [0.25, 0.3) is 0 Å². The third kappa shape index (κ3) is 3.25. The van der Waals surface area contributed by atoms with Crippen LogP contribution in [-0.4, -0.2) is 55.6 Å². The summed E-state index contributed by atoms with van der Waals surface area (Å²) in [6, 6.07) is 0. The van der Waals surface area contributed by atoms with Crippen LogP contribution in [0.3, 0.4) is 0 Å². The van der Waals surface area contributed by atoms with Crippen molar-refractivity contribution < 1.29 is 0 Å². The summed E-state index contributed by atoms with van der Waals surface area (Å²) < 4.78 is 0. The SMILES string of the molecule is CN1CCC(CN(C)C(C)(CN)CC2CCC2)C1. The number of likely N-dealkylation sites (tertiary alicyclic amines) is 1. The Morgan fingerprint density at radius 3 is 2.44 bits per heavy atom. The van der Waals surface area contributed by atoms with Crippen LogP contribution in [0.15, 0.2) is 0 Å². The molecule has 0 amide bonds. The molecule has 1 saturated carbocycles. The fraction of sp³-hybridized carbons (Fsp3) is 1.00. The molecule has 1 saturated heterocycles. The van der Waals surface area contributed by atoms with Gasteiger partial charge in [-0.1, -0.05) is 19.3 Å². The van der Waals surface area contributed by atoms with Crippen molar-refractivity contribution in [1.29, 1.82) is 0 Å². The average Bonchev–Trinajstić information content (AvgIpc) is 2.69. The van der Waals surface area contributed by atoms with Crippen LogP contribution < -0.4 is 5.73 Å². The van der Waals surface area contributed by atoms with Crippen molar-refractivity contribution >= 4 is 0 Å². The van der Waals surface area contributed by atoms with E-state index in [9.17, 15) is 0 Å². The van der Waals surface area contributed by atoms with Gasteiger partial charge in [-0.2, -0.15) is 0 Å². The van der Waals surface area contributed by atoms with E-state index in [2.05, 4.69) is 30.8 Å². The van der Waals surface area contributed by atoms with Crippen molar-refractivity contribution in [1.82, 2.24) is 9.80 Å². The van der Waals surface area contributed by atoms with Crippen LogP contribution in [0.5, 0.6) is 0 Å². The topological polar surface area (TPSA) is 32.5 Å². The maximum absolute atomic E-state index is 6.08. The van der Waals surface area contributed by atoms with E-state index in [4.69, 9.17) is 5.73 Å². The van der Waals surface area contributed by atoms with Crippen LogP contribution in [-0.2, 0) is 0 Å². The molecule has 2 fully saturated rings. The van der Waals surface area contributed by atoms with Gasteiger partial charge in [-0.3, -0.25) is 4.90 Å². The minimum absolute atomic E-state index is 0.215. The normalized spacial score (nSPS) is 29.5. The van der Waals surface area contributed by atoms with E-state index in [1.54, 1.807) is 0 Å². The first-order chi connectivity index (χ1) is 8.53. The zero-order valence-corrected chi connectivity index (χ0v) is 12.5. The maximum atomic E-state index is 6.08. The first-order valence-electron chi connectivity index (χ1n) is 7.63. The minimum Gasteiger partial charge on any atom is -0.329 e. The molecule has 1 heterocycles. The predicted molar refractivity (Wildman–Crippen MR) is 77.7 cm³/mol. The highest BCUT2D eigenvalue weighted by atomic mass is 15.2. The molecule has 0 radical (unpaired) electrons. The molecule has 0 aromatic carbocycles. The van der Waals surface area contributed by atoms with E-state index in [0.717, 1.165) is 18.4 Å². The van der Waals surface area contributed by atoms with E-state index in [1.165, 1.54) is 51.7 Å². The van der Waals surface area contributed by atoms with Gasteiger partial charge in [-0.15, -0.1) is 0 Å². The molecule has 2 unspecified atom stereocenters. The fourth-order valence-corrected chi connectivity index (χ4v) is 3.50. The smallest absolute Gasteiger partial charge is 0.0303 e. The summed E-state index contributed by atoms with van der Waals surface area (Å²) in [6.45, 7) is 6.90. The van der Waals surface area contributed by atoms with Crippen LogP contribution in [0.1, 0.15) is 39.0 Å². The lowest BCUT2D eigenvalue weighted by atomic mass is 9.76. The molecule has 2 N–H and O–H groups in total. The van der Waals surface area contributed by atoms with Crippen LogP contribution in [0.4, 0.5) is 0 Å². The maximum Gasteiger partial charge on any atom is 0.0303 e. The highest BCUT2D eigenvalue weighted by Crippen LogP contribution is 2.35. The largest absolute Gasteiger partial charge is 0.329 e. The lowest BCUT2D eigenvalue weighted by Crippen LogP contribution is -2.53. The lowest BCUT2D eigenvalue weighted by Gasteiger charge is -2.43. The van der Waals surface area contributed by atoms with Crippen LogP contribution in [0, 0.1) is 11.8 Å². The van der Waals surface area contributed by atoms with Crippen molar-refractivity contribution in [2.75, 3.05) is 40.3 Å². The molecule has 0 aromatic rings. The number of rotatable bonds is 6. The third-order valence-corrected chi connectivity index (χ3v) is 5.34. The van der Waals surface area contributed by atoms with Gasteiger partial charge in [0.2, 0.25) is 0 Å². The van der Waals surface area contributed by atoms with Crippen molar-refractivity contribution in [2.24, 2.45) is 17.6 Å². The van der Waals surface area contributed by atoms with Gasteiger partial charge in [0.05, 0.1) is 0 Å². The van der Waals surface area contributed by atoms with Gasteiger partial charge in [-0.25, -0.2) is 0 Å². The summed E-state index contributed by atoms with van der Waals surface area (Å²) in [6.07, 6.45) is 6.93. The molecule has 106 valence electrons. The summed E-state index contributed by atoms with van der Waals surface area (Å²) in [4.78, 5) is 5.00. The van der Waals surface area contributed by atoms with Crippen molar-refractivity contribution in [2.45, 2.75) is 44.6 Å². The van der Waals surface area contributed by atoms with E-state index >= 15 is 0 Å². The van der Waals surface area contributed by atoms with E-state index in [0.29, 0.717) is 0 Å².